The maximum Gasteiger partial charge on any atom is 0.245 e. The number of fused-ring (bicyclic) bond motifs is 1. The number of rotatable bonds is 4. The van der Waals surface area contributed by atoms with E-state index in [2.05, 4.69) is 21.5 Å². The molecule has 0 aromatic carbocycles. The molecule has 0 spiro atoms. The topological polar surface area (TPSA) is 52.8 Å². The van der Waals surface area contributed by atoms with Crippen molar-refractivity contribution in [2.24, 2.45) is 0 Å². The molecular weight excluding hydrogens is 276 g/mol. The second-order valence-corrected chi connectivity index (χ2v) is 5.94. The monoisotopic (exact) mass is 294 g/mol. The highest BCUT2D eigenvalue weighted by atomic mass is 35.5. The van der Waals surface area contributed by atoms with Gasteiger partial charge in [-0.25, -0.2) is 9.97 Å². The average Bonchev–Trinajstić information content (AvgIpc) is 3.03. The van der Waals surface area contributed by atoms with E-state index in [9.17, 15) is 0 Å². The number of methoxy groups -OCH3 is 1. The van der Waals surface area contributed by atoms with Crippen molar-refractivity contribution in [1.29, 1.82) is 0 Å². The summed E-state index contributed by atoms with van der Waals surface area (Å²) in [5.41, 5.74) is 1.68. The molecule has 0 amide bonds. The Balaban J connectivity index is 2.24. The largest absolute Gasteiger partial charge is 0.479 e. The summed E-state index contributed by atoms with van der Waals surface area (Å²) in [6.45, 7) is 2.29. The normalized spacial score (nSPS) is 17.8. The third-order valence-electron chi connectivity index (χ3n) is 4.21. The van der Waals surface area contributed by atoms with Crippen molar-refractivity contribution < 1.29 is 4.74 Å². The number of halogens is 1. The summed E-state index contributed by atoms with van der Waals surface area (Å²) in [6.07, 6.45) is 7.08. The Hall–Kier alpha value is -1.36. The molecule has 0 saturated heterocycles. The van der Waals surface area contributed by atoms with E-state index >= 15 is 0 Å². The molecule has 2 aromatic rings. The van der Waals surface area contributed by atoms with Gasteiger partial charge >= 0.3 is 0 Å². The molecule has 1 aliphatic rings. The molecule has 1 fully saturated rings. The zero-order valence-corrected chi connectivity index (χ0v) is 12.7. The van der Waals surface area contributed by atoms with Gasteiger partial charge in [0.05, 0.1) is 7.11 Å². The van der Waals surface area contributed by atoms with Gasteiger partial charge in [0.1, 0.15) is 12.2 Å². The Morgan fingerprint density at radius 1 is 1.35 bits per heavy atom. The van der Waals surface area contributed by atoms with Crippen molar-refractivity contribution in [1.82, 2.24) is 19.5 Å². The molecule has 0 unspecified atom stereocenters. The molecule has 0 radical (unpaired) electrons. The summed E-state index contributed by atoms with van der Waals surface area (Å²) in [5.74, 6) is 2.07. The number of aromatic nitrogens is 4. The number of ether oxygens (including phenoxy) is 1. The molecular formula is C14H19ClN4O. The van der Waals surface area contributed by atoms with Crippen LogP contribution in [0.2, 0.25) is 0 Å². The molecule has 0 N–H and O–H groups in total. The van der Waals surface area contributed by atoms with Crippen LogP contribution in [0.5, 0.6) is 5.88 Å². The lowest BCUT2D eigenvalue weighted by molar-refractivity contribution is 0.327. The van der Waals surface area contributed by atoms with Crippen molar-refractivity contribution in [3.05, 3.63) is 12.2 Å². The van der Waals surface area contributed by atoms with E-state index in [-0.39, 0.29) is 5.54 Å². The van der Waals surface area contributed by atoms with E-state index < -0.39 is 0 Å². The molecule has 3 rings (SSSR count). The Bertz CT molecular complexity index is 619. The molecule has 2 heterocycles. The van der Waals surface area contributed by atoms with Crippen molar-refractivity contribution in [2.75, 3.05) is 13.0 Å². The molecule has 0 aliphatic heterocycles. The highest BCUT2D eigenvalue weighted by Crippen LogP contribution is 2.39. The smallest absolute Gasteiger partial charge is 0.245 e. The molecule has 20 heavy (non-hydrogen) atoms. The van der Waals surface area contributed by atoms with Crippen molar-refractivity contribution in [2.45, 2.75) is 44.6 Å². The number of alkyl halides is 1. The van der Waals surface area contributed by atoms with E-state index in [1.807, 2.05) is 0 Å². The second kappa shape index (κ2) is 5.20. The molecule has 0 bridgehead atoms. The average molecular weight is 295 g/mol. The lowest BCUT2D eigenvalue weighted by atomic mass is 10.00. The summed E-state index contributed by atoms with van der Waals surface area (Å²) in [4.78, 5) is 13.3. The molecule has 5 nitrogen and oxygen atoms in total. The van der Waals surface area contributed by atoms with Crippen LogP contribution in [0.15, 0.2) is 6.33 Å². The number of imidazole rings is 1. The van der Waals surface area contributed by atoms with Crippen LogP contribution in [-0.2, 0) is 12.0 Å². The van der Waals surface area contributed by atoms with Crippen LogP contribution in [0.25, 0.3) is 11.2 Å². The third-order valence-corrected chi connectivity index (χ3v) is 4.40. The molecule has 6 heteroatoms. The molecule has 0 atom stereocenters. The second-order valence-electron chi connectivity index (χ2n) is 5.56. The summed E-state index contributed by atoms with van der Waals surface area (Å²) < 4.78 is 7.58. The quantitative estimate of drug-likeness (QED) is 0.814. The zero-order valence-electron chi connectivity index (χ0n) is 11.9. The first-order valence-corrected chi connectivity index (χ1v) is 7.56. The molecule has 1 saturated carbocycles. The SMILES string of the molecule is COc1ncnc2c1nc(CCCl)n2C1(C)CCCC1. The Morgan fingerprint density at radius 3 is 2.75 bits per heavy atom. The fraction of sp³-hybridized carbons (Fsp3) is 0.643. The van der Waals surface area contributed by atoms with Gasteiger partial charge in [-0.1, -0.05) is 12.8 Å². The maximum atomic E-state index is 5.94. The first-order valence-electron chi connectivity index (χ1n) is 7.02. The first kappa shape index (κ1) is 13.6. The third kappa shape index (κ3) is 2.04. The fourth-order valence-corrected chi connectivity index (χ4v) is 3.41. The van der Waals surface area contributed by atoms with E-state index in [0.717, 1.165) is 36.3 Å². The number of hydrogen-bond acceptors (Lipinski definition) is 4. The minimum absolute atomic E-state index is 0.0789. The van der Waals surface area contributed by atoms with Crippen LogP contribution in [0.1, 0.15) is 38.4 Å². The summed E-state index contributed by atoms with van der Waals surface area (Å²) in [5, 5.41) is 0. The highest BCUT2D eigenvalue weighted by Gasteiger charge is 2.34. The van der Waals surface area contributed by atoms with Crippen molar-refractivity contribution in [3.63, 3.8) is 0 Å². The zero-order chi connectivity index (χ0) is 14.2. The molecule has 2 aromatic heterocycles. The lowest BCUT2D eigenvalue weighted by Gasteiger charge is -2.28. The van der Waals surface area contributed by atoms with Gasteiger partial charge in [-0.3, -0.25) is 0 Å². The number of hydrogen-bond donors (Lipinski definition) is 0. The molecule has 1 aliphatic carbocycles. The van der Waals surface area contributed by atoms with Gasteiger partial charge in [0, 0.05) is 17.8 Å². The highest BCUT2D eigenvalue weighted by molar-refractivity contribution is 6.17. The van der Waals surface area contributed by atoms with Crippen molar-refractivity contribution >= 4 is 22.8 Å². The Kier molecular flexibility index (Phi) is 3.54. The van der Waals surface area contributed by atoms with Gasteiger partial charge in [0.2, 0.25) is 5.88 Å². The summed E-state index contributed by atoms with van der Waals surface area (Å²) in [6, 6.07) is 0. The number of nitrogens with zero attached hydrogens (tertiary/aromatic N) is 4. The summed E-state index contributed by atoms with van der Waals surface area (Å²) >= 11 is 5.94. The maximum absolute atomic E-state index is 5.94. The number of aryl methyl sites for hydroxylation is 1. The van der Waals surface area contributed by atoms with Crippen LogP contribution >= 0.6 is 11.6 Å². The Morgan fingerprint density at radius 2 is 2.10 bits per heavy atom. The van der Waals surface area contributed by atoms with E-state index in [4.69, 9.17) is 21.3 Å². The van der Waals surface area contributed by atoms with Crippen LogP contribution < -0.4 is 4.74 Å². The van der Waals surface area contributed by atoms with Gasteiger partial charge in [-0.05, 0) is 19.8 Å². The first-order chi connectivity index (χ1) is 9.69. The van der Waals surface area contributed by atoms with Crippen molar-refractivity contribution in [3.8, 4) is 5.88 Å². The van der Waals surface area contributed by atoms with Crippen LogP contribution in [0.3, 0.4) is 0 Å². The van der Waals surface area contributed by atoms with Gasteiger partial charge in [0.25, 0.3) is 0 Å². The minimum atomic E-state index is 0.0789. The van der Waals surface area contributed by atoms with Gasteiger partial charge in [-0.2, -0.15) is 4.98 Å². The predicted octanol–water partition coefficient (Wildman–Crippen LogP) is 2.91. The van der Waals surface area contributed by atoms with Crippen LogP contribution in [-0.4, -0.2) is 32.5 Å². The van der Waals surface area contributed by atoms with Gasteiger partial charge in [0.15, 0.2) is 11.2 Å². The fourth-order valence-electron chi connectivity index (χ4n) is 3.25. The van der Waals surface area contributed by atoms with Gasteiger partial charge < -0.3 is 9.30 Å². The lowest BCUT2D eigenvalue weighted by Crippen LogP contribution is -2.28. The van der Waals surface area contributed by atoms with E-state index in [1.54, 1.807) is 13.4 Å². The van der Waals surface area contributed by atoms with E-state index in [0.29, 0.717) is 11.8 Å². The Labute approximate surface area is 123 Å². The summed E-state index contributed by atoms with van der Waals surface area (Å²) in [7, 11) is 1.61. The predicted molar refractivity (Wildman–Crippen MR) is 78.4 cm³/mol. The van der Waals surface area contributed by atoms with Crippen LogP contribution in [0, 0.1) is 0 Å². The van der Waals surface area contributed by atoms with E-state index in [1.165, 1.54) is 12.8 Å². The molecule has 108 valence electrons. The standard InChI is InChI=1S/C14H19ClN4O/c1-14(6-3-4-7-14)19-10(5-8-15)18-11-12(19)16-9-17-13(11)20-2/h9H,3-8H2,1-2H3. The minimum Gasteiger partial charge on any atom is -0.479 e. The van der Waals surface area contributed by atoms with Gasteiger partial charge in [-0.15, -0.1) is 11.6 Å². The van der Waals surface area contributed by atoms with Crippen LogP contribution in [0.4, 0.5) is 0 Å².